The van der Waals surface area contributed by atoms with Crippen LogP contribution in [0.3, 0.4) is 0 Å². The van der Waals surface area contributed by atoms with E-state index in [0.717, 1.165) is 28.4 Å². The number of carbonyl (C=O) groups excluding carboxylic acids is 1. The van der Waals surface area contributed by atoms with Gasteiger partial charge in [0.15, 0.2) is 0 Å². The molecule has 174 valence electrons. The third-order valence-electron chi connectivity index (χ3n) is 4.79. The summed E-state index contributed by atoms with van der Waals surface area (Å²) in [6.45, 7) is 1.96. The number of carbonyl (C=O) groups is 1. The van der Waals surface area contributed by atoms with Gasteiger partial charge in [0.05, 0.1) is 41.6 Å². The largest absolute Gasteiger partial charge is 0.416 e. The molecule has 4 rings (SSSR count). The molecule has 33 heavy (non-hydrogen) atoms. The second-order valence-corrected chi connectivity index (χ2v) is 8.87. The lowest BCUT2D eigenvalue weighted by Gasteiger charge is -2.31. The van der Waals surface area contributed by atoms with Gasteiger partial charge in [0.2, 0.25) is 11.1 Å². The van der Waals surface area contributed by atoms with Crippen LogP contribution in [0.4, 0.5) is 24.5 Å². The van der Waals surface area contributed by atoms with Crippen molar-refractivity contribution in [2.75, 3.05) is 42.3 Å². The lowest BCUT2D eigenvalue weighted by Crippen LogP contribution is -2.37. The molecule has 0 radical (unpaired) electrons. The van der Waals surface area contributed by atoms with Crippen LogP contribution in [-0.2, 0) is 15.7 Å². The molecule has 1 aliphatic heterocycles. The molecule has 0 bridgehead atoms. The number of nitrogens with one attached hydrogen (secondary N) is 1. The smallest absolute Gasteiger partial charge is 0.378 e. The number of halogens is 4. The summed E-state index contributed by atoms with van der Waals surface area (Å²) in [5.74, 6) is -0.561. The van der Waals surface area contributed by atoms with Crippen molar-refractivity contribution < 1.29 is 22.7 Å². The minimum atomic E-state index is -4.52. The number of alkyl halides is 3. The maximum Gasteiger partial charge on any atom is 0.416 e. The van der Waals surface area contributed by atoms with Gasteiger partial charge in [-0.25, -0.2) is 0 Å². The fourth-order valence-corrected chi connectivity index (χ4v) is 4.18. The van der Waals surface area contributed by atoms with Crippen LogP contribution in [0.25, 0.3) is 5.69 Å². The lowest BCUT2D eigenvalue weighted by molar-refractivity contribution is -0.137. The van der Waals surface area contributed by atoms with Gasteiger partial charge in [0.25, 0.3) is 0 Å². The van der Waals surface area contributed by atoms with E-state index in [2.05, 4.69) is 36.8 Å². The molecule has 1 N–H and O–H groups in total. The van der Waals surface area contributed by atoms with E-state index in [-0.39, 0.29) is 11.4 Å². The van der Waals surface area contributed by atoms with Crippen molar-refractivity contribution in [2.24, 2.45) is 0 Å². The molecule has 1 saturated heterocycles. The first-order chi connectivity index (χ1) is 15.8. The molecule has 1 amide bonds. The van der Waals surface area contributed by atoms with Gasteiger partial charge < -0.3 is 15.0 Å². The summed E-state index contributed by atoms with van der Waals surface area (Å²) >= 11 is 4.44. The summed E-state index contributed by atoms with van der Waals surface area (Å²) in [5, 5.41) is 14.5. The SMILES string of the molecule is O=C(CSc1nnnn1-c1ccc(Br)cc1)Nc1cc(C(F)(F)F)ccc1N1CCOCC1. The molecule has 0 unspecified atom stereocenters. The maximum absolute atomic E-state index is 13.3. The van der Waals surface area contributed by atoms with Crippen molar-refractivity contribution in [3.8, 4) is 5.69 Å². The molecule has 0 saturated carbocycles. The highest BCUT2D eigenvalue weighted by molar-refractivity contribution is 9.10. The number of thioether (sulfide) groups is 1. The predicted octanol–water partition coefficient (Wildman–Crippen LogP) is 4.01. The number of hydrogen-bond acceptors (Lipinski definition) is 7. The van der Waals surface area contributed by atoms with E-state index in [1.54, 1.807) is 0 Å². The number of anilines is 2. The van der Waals surface area contributed by atoms with Gasteiger partial charge in [0, 0.05) is 17.6 Å². The number of aromatic nitrogens is 4. The van der Waals surface area contributed by atoms with E-state index in [4.69, 9.17) is 4.74 Å². The first kappa shape index (κ1) is 23.5. The Morgan fingerprint density at radius 1 is 1.15 bits per heavy atom. The quantitative estimate of drug-likeness (QED) is 0.471. The van der Waals surface area contributed by atoms with Crippen molar-refractivity contribution >= 4 is 45.0 Å². The van der Waals surface area contributed by atoms with Gasteiger partial charge in [-0.3, -0.25) is 4.79 Å². The number of benzene rings is 2. The van der Waals surface area contributed by atoms with Gasteiger partial charge in [-0.05, 0) is 52.9 Å². The molecule has 1 aromatic heterocycles. The molecule has 3 aromatic rings. The Balaban J connectivity index is 1.49. The van der Waals surface area contributed by atoms with Crippen molar-refractivity contribution in [1.82, 2.24) is 20.2 Å². The summed E-state index contributed by atoms with van der Waals surface area (Å²) in [7, 11) is 0. The summed E-state index contributed by atoms with van der Waals surface area (Å²) in [5.41, 5.74) is 0.495. The van der Waals surface area contributed by atoms with Crippen LogP contribution in [0.15, 0.2) is 52.1 Å². The van der Waals surface area contributed by atoms with Crippen molar-refractivity contribution in [2.45, 2.75) is 11.3 Å². The first-order valence-corrected chi connectivity index (χ1v) is 11.6. The Kier molecular flexibility index (Phi) is 7.20. The minimum Gasteiger partial charge on any atom is -0.378 e. The van der Waals surface area contributed by atoms with Gasteiger partial charge in [-0.15, -0.1) is 5.10 Å². The van der Waals surface area contributed by atoms with E-state index in [1.165, 1.54) is 10.7 Å². The lowest BCUT2D eigenvalue weighted by atomic mass is 10.1. The van der Waals surface area contributed by atoms with E-state index in [0.29, 0.717) is 42.8 Å². The topological polar surface area (TPSA) is 85.2 Å². The highest BCUT2D eigenvalue weighted by Gasteiger charge is 2.32. The monoisotopic (exact) mass is 542 g/mol. The van der Waals surface area contributed by atoms with Crippen LogP contribution < -0.4 is 10.2 Å². The Hall–Kier alpha value is -2.64. The maximum atomic E-state index is 13.3. The Morgan fingerprint density at radius 3 is 2.58 bits per heavy atom. The van der Waals surface area contributed by atoms with Crippen LogP contribution in [0.2, 0.25) is 0 Å². The van der Waals surface area contributed by atoms with E-state index in [1.807, 2.05) is 29.2 Å². The van der Waals surface area contributed by atoms with Crippen molar-refractivity contribution in [3.05, 3.63) is 52.5 Å². The molecule has 1 aliphatic rings. The zero-order valence-corrected chi connectivity index (χ0v) is 19.5. The third kappa shape index (κ3) is 5.84. The third-order valence-corrected chi connectivity index (χ3v) is 6.24. The molecule has 8 nitrogen and oxygen atoms in total. The number of tetrazole rings is 1. The van der Waals surface area contributed by atoms with Crippen molar-refractivity contribution in [3.63, 3.8) is 0 Å². The summed E-state index contributed by atoms with van der Waals surface area (Å²) in [4.78, 5) is 14.5. The molecular weight excluding hydrogens is 525 g/mol. The van der Waals surface area contributed by atoms with Crippen LogP contribution in [-0.4, -0.2) is 58.2 Å². The van der Waals surface area contributed by atoms with Gasteiger partial charge >= 0.3 is 6.18 Å². The summed E-state index contributed by atoms with van der Waals surface area (Å²) in [6.07, 6.45) is -4.52. The fourth-order valence-electron chi connectivity index (χ4n) is 3.22. The molecular formula is C20H18BrF3N6O2S. The number of ether oxygens (including phenoxy) is 1. The molecule has 13 heteroatoms. The standard InChI is InChI=1S/C20H18BrF3N6O2S/c21-14-2-4-15(5-3-14)30-19(26-27-28-30)33-12-18(31)25-16-11-13(20(22,23)24)1-6-17(16)29-7-9-32-10-8-29/h1-6,11H,7-10,12H2,(H,25,31). The minimum absolute atomic E-state index is 0.0876. The fraction of sp³-hybridized carbons (Fsp3) is 0.300. The zero-order valence-electron chi connectivity index (χ0n) is 17.0. The Morgan fingerprint density at radius 2 is 1.88 bits per heavy atom. The van der Waals surface area contributed by atoms with Crippen LogP contribution in [0.5, 0.6) is 0 Å². The highest BCUT2D eigenvalue weighted by atomic mass is 79.9. The van der Waals surface area contributed by atoms with Gasteiger partial charge in [-0.2, -0.15) is 17.9 Å². The summed E-state index contributed by atoms with van der Waals surface area (Å²) in [6, 6.07) is 10.6. The predicted molar refractivity (Wildman–Crippen MR) is 121 cm³/mol. The van der Waals surface area contributed by atoms with Crippen LogP contribution in [0.1, 0.15) is 5.56 Å². The number of amides is 1. The Labute approximate surface area is 199 Å². The Bertz CT molecular complexity index is 1120. The molecule has 0 spiro atoms. The van der Waals surface area contributed by atoms with Crippen molar-refractivity contribution in [1.29, 1.82) is 0 Å². The first-order valence-electron chi connectivity index (χ1n) is 9.82. The number of rotatable bonds is 6. The molecule has 0 atom stereocenters. The van der Waals surface area contributed by atoms with E-state index in [9.17, 15) is 18.0 Å². The molecule has 2 heterocycles. The normalized spacial score (nSPS) is 14.4. The molecule has 1 fully saturated rings. The summed E-state index contributed by atoms with van der Waals surface area (Å²) < 4.78 is 47.5. The van der Waals surface area contributed by atoms with Crippen LogP contribution >= 0.6 is 27.7 Å². The number of nitrogens with zero attached hydrogens (tertiary/aromatic N) is 5. The number of hydrogen-bond donors (Lipinski definition) is 1. The van der Waals surface area contributed by atoms with Gasteiger partial charge in [-0.1, -0.05) is 27.7 Å². The average Bonchev–Trinajstić information content (AvgIpc) is 3.27. The molecule has 2 aromatic carbocycles. The van der Waals surface area contributed by atoms with Gasteiger partial charge in [0.1, 0.15) is 0 Å². The number of morpholine rings is 1. The molecule has 0 aliphatic carbocycles. The average molecular weight is 543 g/mol. The van der Waals surface area contributed by atoms with E-state index >= 15 is 0 Å². The van der Waals surface area contributed by atoms with E-state index < -0.39 is 17.6 Å². The highest BCUT2D eigenvalue weighted by Crippen LogP contribution is 2.36. The second kappa shape index (κ2) is 10.1. The van der Waals surface area contributed by atoms with Crippen LogP contribution in [0, 0.1) is 0 Å². The second-order valence-electron chi connectivity index (χ2n) is 7.02. The zero-order chi connectivity index (χ0) is 23.4.